The number of rotatable bonds is 0. The fraction of sp³-hybridized carbons (Fsp3) is 1.00. The van der Waals surface area contributed by atoms with Crippen LogP contribution in [0.25, 0.3) is 0 Å². The summed E-state index contributed by atoms with van der Waals surface area (Å²) in [7, 11) is -1.14. The zero-order chi connectivity index (χ0) is 6.50. The summed E-state index contributed by atoms with van der Waals surface area (Å²) < 4.78 is 0. The third-order valence-electron chi connectivity index (χ3n) is 0. The average molecular weight is 275 g/mol. The first-order valence-electron chi connectivity index (χ1n) is 2.07. The van der Waals surface area contributed by atoms with E-state index in [4.69, 9.17) is 11.1 Å². The van der Waals surface area contributed by atoms with E-state index < -0.39 is 7.38 Å². The number of hydrogen-bond acceptors (Lipinski definition) is 0. The minimum absolute atomic E-state index is 1.03. The molecule has 0 bridgehead atoms. The molecule has 0 nitrogen and oxygen atoms in total. The Bertz CT molecular complexity index is 30.4. The zero-order valence-electron chi connectivity index (χ0n) is 5.26. The van der Waals surface area contributed by atoms with Crippen molar-refractivity contribution in [3.05, 3.63) is 0 Å². The van der Waals surface area contributed by atoms with E-state index in [0.717, 1.165) is 42.7 Å². The van der Waals surface area contributed by atoms with Gasteiger partial charge in [0.05, 0.1) is 0 Å². The monoisotopic (exact) mass is 274 g/mol. The van der Waals surface area contributed by atoms with Gasteiger partial charge in [0.25, 0.3) is 0 Å². The van der Waals surface area contributed by atoms with Crippen molar-refractivity contribution in [2.45, 2.75) is 19.6 Å². The maximum atomic E-state index is 5.67. The van der Waals surface area contributed by atoms with Gasteiger partial charge in [0.2, 0.25) is 0 Å². The van der Waals surface area contributed by atoms with Crippen molar-refractivity contribution >= 4 is 72.4 Å². The Morgan fingerprint density at radius 3 is 1.29 bits per heavy atom. The van der Waals surface area contributed by atoms with Gasteiger partial charge in [-0.2, -0.15) is 11.1 Å². The summed E-state index contributed by atoms with van der Waals surface area (Å²) in [5, 5.41) is 0. The van der Waals surface area contributed by atoms with Crippen LogP contribution in [-0.2, 0) is 0 Å². The Morgan fingerprint density at radius 2 is 1.29 bits per heavy atom. The molecule has 0 atom stereocenters. The molecule has 0 aliphatic carbocycles. The number of hydrogen-bond donors (Lipinski definition) is 0. The van der Waals surface area contributed by atoms with E-state index in [1.165, 1.54) is 0 Å². The Kier molecular flexibility index (Phi) is 12.5. The van der Waals surface area contributed by atoms with Crippen molar-refractivity contribution in [1.29, 1.82) is 0 Å². The molecule has 0 aliphatic heterocycles. The molecule has 0 amide bonds. The van der Waals surface area contributed by atoms with Crippen molar-refractivity contribution in [2.75, 3.05) is 0 Å². The molecule has 0 spiro atoms. The fourth-order valence-corrected chi connectivity index (χ4v) is 0. The summed E-state index contributed by atoms with van der Waals surface area (Å²) in [6.07, 6.45) is 0. The normalized spacial score (nSPS) is 9.57. The molecule has 0 unspecified atom stereocenters. The van der Waals surface area contributed by atoms with Crippen LogP contribution in [-0.4, -0.2) is 50.1 Å². The average Bonchev–Trinajstić information content (AvgIpc) is 1.36. The van der Waals surface area contributed by atoms with Crippen molar-refractivity contribution in [2.24, 2.45) is 0 Å². The van der Waals surface area contributed by atoms with Crippen LogP contribution in [0, 0.1) is 0 Å². The van der Waals surface area contributed by atoms with Gasteiger partial charge in [-0.15, -0.1) is 0 Å². The van der Waals surface area contributed by atoms with E-state index in [1.807, 2.05) is 0 Å². The van der Waals surface area contributed by atoms with Crippen molar-refractivity contribution in [3.8, 4) is 0 Å². The molecule has 0 radical (unpaired) electrons. The van der Waals surface area contributed by atoms with Gasteiger partial charge in [0.1, 0.15) is 7.38 Å². The summed E-state index contributed by atoms with van der Waals surface area (Å²) in [6.45, 7) is 6.28. The van der Waals surface area contributed by atoms with E-state index in [9.17, 15) is 0 Å². The standard InChI is InChI=1S/C3H9ClSi.HI.K/c1-5(2,3)4;;/h1-3H3;1H;/q;;+1/p-1. The predicted molar refractivity (Wildman–Crippen MR) is 49.0 cm³/mol. The SMILES string of the molecule is C[Si](C)(C)Cl.[K][I]. The van der Waals surface area contributed by atoms with Crippen molar-refractivity contribution in [3.63, 3.8) is 0 Å². The third-order valence-corrected chi connectivity index (χ3v) is 0. The van der Waals surface area contributed by atoms with Crippen LogP contribution in [0.15, 0.2) is 0 Å². The molecule has 0 saturated carbocycles. The van der Waals surface area contributed by atoms with Gasteiger partial charge < -0.3 is 0 Å². The molecule has 0 saturated heterocycles. The second-order valence-electron chi connectivity index (χ2n) is 2.07. The molecule has 4 heteroatoms. The number of halogens is 2. The second-order valence-corrected chi connectivity index (χ2v) is 9.60. The maximum absolute atomic E-state index is 5.67. The molecular weight excluding hydrogens is 266 g/mol. The van der Waals surface area contributed by atoms with E-state index in [2.05, 4.69) is 30.9 Å². The molecule has 0 fully saturated rings. The molecule has 0 aromatic heterocycles. The molecule has 0 rings (SSSR count). The van der Waals surface area contributed by atoms with Gasteiger partial charge in [-0.3, -0.25) is 0 Å². The van der Waals surface area contributed by atoms with Crippen LogP contribution in [0.2, 0.25) is 19.6 Å². The topological polar surface area (TPSA) is 0 Å². The molecule has 7 heavy (non-hydrogen) atoms. The molecule has 0 aliphatic rings. The van der Waals surface area contributed by atoms with Crippen LogP contribution >= 0.6 is 22.4 Å². The van der Waals surface area contributed by atoms with Crippen molar-refractivity contribution < 1.29 is 0 Å². The van der Waals surface area contributed by atoms with Gasteiger partial charge in [-0.05, 0) is 0 Å². The Morgan fingerprint density at radius 1 is 1.29 bits per heavy atom. The zero-order valence-corrected chi connectivity index (χ0v) is 12.3. The summed E-state index contributed by atoms with van der Waals surface area (Å²) in [4.78, 5) is 0. The molecule has 0 aromatic rings. The first kappa shape index (κ1) is 12.5. The predicted octanol–water partition coefficient (Wildman–Crippen LogP) is 2.57. The fourth-order valence-electron chi connectivity index (χ4n) is 0. The molecule has 0 heterocycles. The van der Waals surface area contributed by atoms with E-state index in [0.29, 0.717) is 0 Å². The van der Waals surface area contributed by atoms with Gasteiger partial charge >= 0.3 is 54.0 Å². The molecule has 0 N–H and O–H groups in total. The van der Waals surface area contributed by atoms with E-state index in [1.54, 1.807) is 0 Å². The summed E-state index contributed by atoms with van der Waals surface area (Å²) >= 11 is 9.04. The Labute approximate surface area is 89.5 Å². The third kappa shape index (κ3) is 50.8. The van der Waals surface area contributed by atoms with Crippen LogP contribution in [0.5, 0.6) is 0 Å². The first-order chi connectivity index (χ1) is 3.00. The van der Waals surface area contributed by atoms with Crippen LogP contribution < -0.4 is 0 Å². The summed E-state index contributed by atoms with van der Waals surface area (Å²) in [5.41, 5.74) is 0. The van der Waals surface area contributed by atoms with Crippen LogP contribution in [0.4, 0.5) is 0 Å². The van der Waals surface area contributed by atoms with E-state index >= 15 is 0 Å². The first-order valence-corrected chi connectivity index (χ1v) is 16.7. The van der Waals surface area contributed by atoms with Crippen molar-refractivity contribution in [1.82, 2.24) is 0 Å². The van der Waals surface area contributed by atoms with Crippen LogP contribution in [0.1, 0.15) is 0 Å². The Balaban J connectivity index is 0. The van der Waals surface area contributed by atoms with Gasteiger partial charge in [0.15, 0.2) is 0 Å². The van der Waals surface area contributed by atoms with Crippen LogP contribution in [0.3, 0.4) is 0 Å². The van der Waals surface area contributed by atoms with Gasteiger partial charge in [-0.1, -0.05) is 19.6 Å². The van der Waals surface area contributed by atoms with E-state index in [-0.39, 0.29) is 0 Å². The Hall–Kier alpha value is 2.87. The molecule has 40 valence electrons. The summed E-state index contributed by atoms with van der Waals surface area (Å²) in [6, 6.07) is 0. The molecular formula is C3H9ClIKSi. The van der Waals surface area contributed by atoms with Gasteiger partial charge in [-0.25, -0.2) is 0 Å². The minimum atomic E-state index is -1.14. The summed E-state index contributed by atoms with van der Waals surface area (Å²) in [5.74, 6) is 0. The quantitative estimate of drug-likeness (QED) is 0.362. The second kappa shape index (κ2) is 6.99. The molecule has 0 aromatic carbocycles. The van der Waals surface area contributed by atoms with Gasteiger partial charge in [0, 0.05) is 0 Å².